The van der Waals surface area contributed by atoms with Crippen molar-refractivity contribution in [3.8, 4) is 11.3 Å². The van der Waals surface area contributed by atoms with Crippen LogP contribution in [0.4, 0.5) is 0 Å². The van der Waals surface area contributed by atoms with Gasteiger partial charge in [-0.25, -0.2) is 0 Å². The topological polar surface area (TPSA) is 42.2 Å². The Hall–Kier alpha value is -2.03. The van der Waals surface area contributed by atoms with Crippen LogP contribution in [-0.4, -0.2) is 15.6 Å². The number of carboxylic acids is 1. The van der Waals surface area contributed by atoms with Crippen molar-refractivity contribution in [1.29, 1.82) is 0 Å². The van der Waals surface area contributed by atoms with E-state index < -0.39 is 5.97 Å². The minimum Gasteiger partial charge on any atom is -0.481 e. The zero-order valence-corrected chi connectivity index (χ0v) is 11.4. The molecule has 1 aromatic carbocycles. The van der Waals surface area contributed by atoms with E-state index in [1.807, 2.05) is 6.07 Å². The second-order valence-corrected chi connectivity index (χ2v) is 4.71. The predicted octanol–water partition coefficient (Wildman–Crippen LogP) is 3.50. The second-order valence-electron chi connectivity index (χ2n) is 4.71. The Balaban J connectivity index is 2.31. The molecular formula is C16H19NO2. The van der Waals surface area contributed by atoms with Crippen LogP contribution in [0.15, 0.2) is 36.4 Å². The number of carboxylic acid groups (broad SMARTS) is 1. The number of rotatable bonds is 5. The SMILES string of the molecule is CCn1c(CCC(=O)O)ccc1-c1ccc(C)cc1. The van der Waals surface area contributed by atoms with Crippen molar-refractivity contribution in [2.75, 3.05) is 0 Å². The average molecular weight is 257 g/mol. The van der Waals surface area contributed by atoms with Crippen molar-refractivity contribution in [1.82, 2.24) is 4.57 Å². The van der Waals surface area contributed by atoms with Gasteiger partial charge in [0, 0.05) is 17.9 Å². The first kappa shape index (κ1) is 13.4. The molecule has 0 spiro atoms. The highest BCUT2D eigenvalue weighted by Gasteiger charge is 2.09. The molecule has 19 heavy (non-hydrogen) atoms. The quantitative estimate of drug-likeness (QED) is 0.890. The summed E-state index contributed by atoms with van der Waals surface area (Å²) in [6.45, 7) is 5.01. The number of aliphatic carboxylic acids is 1. The number of aromatic nitrogens is 1. The predicted molar refractivity (Wildman–Crippen MR) is 76.2 cm³/mol. The van der Waals surface area contributed by atoms with Gasteiger partial charge in [-0.15, -0.1) is 0 Å². The van der Waals surface area contributed by atoms with E-state index in [2.05, 4.69) is 48.7 Å². The van der Waals surface area contributed by atoms with E-state index in [4.69, 9.17) is 5.11 Å². The highest BCUT2D eigenvalue weighted by molar-refractivity contribution is 5.67. The molecule has 0 radical (unpaired) electrons. The first-order chi connectivity index (χ1) is 9.11. The van der Waals surface area contributed by atoms with Crippen LogP contribution in [0.1, 0.15) is 24.6 Å². The van der Waals surface area contributed by atoms with Crippen LogP contribution < -0.4 is 0 Å². The summed E-state index contributed by atoms with van der Waals surface area (Å²) in [7, 11) is 0. The van der Waals surface area contributed by atoms with Crippen LogP contribution in [0.25, 0.3) is 11.3 Å². The largest absolute Gasteiger partial charge is 0.481 e. The maximum Gasteiger partial charge on any atom is 0.303 e. The van der Waals surface area contributed by atoms with E-state index in [0.29, 0.717) is 6.42 Å². The molecule has 100 valence electrons. The molecule has 2 rings (SSSR count). The zero-order valence-electron chi connectivity index (χ0n) is 11.4. The van der Waals surface area contributed by atoms with E-state index in [1.54, 1.807) is 0 Å². The van der Waals surface area contributed by atoms with E-state index in [0.717, 1.165) is 17.9 Å². The minimum atomic E-state index is -0.749. The Morgan fingerprint density at radius 1 is 1.16 bits per heavy atom. The molecule has 1 aromatic heterocycles. The summed E-state index contributed by atoms with van der Waals surface area (Å²) in [5.41, 5.74) is 4.65. The number of carbonyl (C=O) groups is 1. The van der Waals surface area contributed by atoms with Gasteiger partial charge in [0.1, 0.15) is 0 Å². The fourth-order valence-electron chi connectivity index (χ4n) is 2.31. The minimum absolute atomic E-state index is 0.178. The molecule has 0 saturated carbocycles. The van der Waals surface area contributed by atoms with Gasteiger partial charge in [-0.1, -0.05) is 29.8 Å². The maximum absolute atomic E-state index is 10.7. The molecule has 0 aliphatic carbocycles. The van der Waals surface area contributed by atoms with E-state index >= 15 is 0 Å². The Morgan fingerprint density at radius 2 is 1.84 bits per heavy atom. The van der Waals surface area contributed by atoms with E-state index in [-0.39, 0.29) is 6.42 Å². The molecule has 2 aromatic rings. The summed E-state index contributed by atoms with van der Waals surface area (Å²) >= 11 is 0. The van der Waals surface area contributed by atoms with Crippen LogP contribution in [0, 0.1) is 6.92 Å². The fraction of sp³-hybridized carbons (Fsp3) is 0.312. The van der Waals surface area contributed by atoms with Gasteiger partial charge >= 0.3 is 5.97 Å². The zero-order chi connectivity index (χ0) is 13.8. The van der Waals surface area contributed by atoms with Gasteiger partial charge < -0.3 is 9.67 Å². The standard InChI is InChI=1S/C16H19NO2/c1-3-17-14(9-11-16(18)19)8-10-15(17)13-6-4-12(2)5-7-13/h4-8,10H,3,9,11H2,1-2H3,(H,18,19). The summed E-state index contributed by atoms with van der Waals surface area (Å²) in [4.78, 5) is 10.7. The van der Waals surface area contributed by atoms with Crippen molar-refractivity contribution >= 4 is 5.97 Å². The highest BCUT2D eigenvalue weighted by atomic mass is 16.4. The maximum atomic E-state index is 10.7. The van der Waals surface area contributed by atoms with Crippen molar-refractivity contribution in [3.63, 3.8) is 0 Å². The Labute approximate surface area is 113 Å². The van der Waals surface area contributed by atoms with Crippen molar-refractivity contribution < 1.29 is 9.90 Å². The molecule has 0 aliphatic rings. The molecule has 0 amide bonds. The summed E-state index contributed by atoms with van der Waals surface area (Å²) in [5.74, 6) is -0.749. The van der Waals surface area contributed by atoms with Gasteiger partial charge in [0.25, 0.3) is 0 Å². The van der Waals surface area contributed by atoms with Crippen LogP contribution in [-0.2, 0) is 17.8 Å². The number of nitrogens with zero attached hydrogens (tertiary/aromatic N) is 1. The average Bonchev–Trinajstić information content (AvgIpc) is 2.80. The molecule has 1 heterocycles. The third-order valence-corrected chi connectivity index (χ3v) is 3.33. The number of hydrogen-bond donors (Lipinski definition) is 1. The van der Waals surface area contributed by atoms with Gasteiger partial charge in [0.05, 0.1) is 6.42 Å². The van der Waals surface area contributed by atoms with Gasteiger partial charge in [0.2, 0.25) is 0 Å². The smallest absolute Gasteiger partial charge is 0.303 e. The molecular weight excluding hydrogens is 238 g/mol. The highest BCUT2D eigenvalue weighted by Crippen LogP contribution is 2.23. The van der Waals surface area contributed by atoms with Crippen LogP contribution in [0.3, 0.4) is 0 Å². The summed E-state index contributed by atoms with van der Waals surface area (Å²) < 4.78 is 2.19. The van der Waals surface area contributed by atoms with Gasteiger partial charge in [-0.3, -0.25) is 4.79 Å². The summed E-state index contributed by atoms with van der Waals surface area (Å²) in [6.07, 6.45) is 0.756. The van der Waals surface area contributed by atoms with E-state index in [9.17, 15) is 4.79 Å². The first-order valence-corrected chi connectivity index (χ1v) is 6.59. The van der Waals surface area contributed by atoms with Crippen molar-refractivity contribution in [2.45, 2.75) is 33.2 Å². The number of hydrogen-bond acceptors (Lipinski definition) is 1. The lowest BCUT2D eigenvalue weighted by Gasteiger charge is -2.11. The first-order valence-electron chi connectivity index (χ1n) is 6.59. The third-order valence-electron chi connectivity index (χ3n) is 3.33. The van der Waals surface area contributed by atoms with Crippen molar-refractivity contribution in [2.24, 2.45) is 0 Å². The van der Waals surface area contributed by atoms with Crippen molar-refractivity contribution in [3.05, 3.63) is 47.7 Å². The van der Waals surface area contributed by atoms with Gasteiger partial charge in [0.15, 0.2) is 0 Å². The number of benzene rings is 1. The third kappa shape index (κ3) is 3.05. The number of aryl methyl sites for hydroxylation is 2. The molecule has 0 saturated heterocycles. The fourth-order valence-corrected chi connectivity index (χ4v) is 2.31. The molecule has 0 unspecified atom stereocenters. The molecule has 0 fully saturated rings. The van der Waals surface area contributed by atoms with Gasteiger partial charge in [-0.2, -0.15) is 0 Å². The summed E-state index contributed by atoms with van der Waals surface area (Å²) in [6, 6.07) is 12.5. The Morgan fingerprint density at radius 3 is 2.42 bits per heavy atom. The lowest BCUT2D eigenvalue weighted by Crippen LogP contribution is -2.05. The van der Waals surface area contributed by atoms with E-state index in [1.165, 1.54) is 11.1 Å². The summed E-state index contributed by atoms with van der Waals surface area (Å²) in [5, 5.41) is 8.78. The molecule has 1 N–H and O–H groups in total. The molecule has 3 nitrogen and oxygen atoms in total. The lowest BCUT2D eigenvalue weighted by atomic mass is 10.1. The molecule has 0 atom stereocenters. The molecule has 0 aliphatic heterocycles. The Bertz CT molecular complexity index is 567. The van der Waals surface area contributed by atoms with Gasteiger partial charge in [-0.05, 0) is 38.0 Å². The lowest BCUT2D eigenvalue weighted by molar-refractivity contribution is -0.136. The second kappa shape index (κ2) is 5.74. The van der Waals surface area contributed by atoms with Crippen LogP contribution in [0.2, 0.25) is 0 Å². The Kier molecular flexibility index (Phi) is 4.05. The normalized spacial score (nSPS) is 10.6. The van der Waals surface area contributed by atoms with Crippen LogP contribution in [0.5, 0.6) is 0 Å². The monoisotopic (exact) mass is 257 g/mol. The molecule has 3 heteroatoms. The molecule has 0 bridgehead atoms. The van der Waals surface area contributed by atoms with Crippen LogP contribution >= 0.6 is 0 Å².